The number of halogens is 1. The zero-order chi connectivity index (χ0) is 14.0. The molecule has 0 bridgehead atoms. The van der Waals surface area contributed by atoms with Gasteiger partial charge in [0, 0.05) is 14.9 Å². The molecular weight excluding hydrogens is 322 g/mol. The minimum absolute atomic E-state index is 0.125. The average Bonchev–Trinajstić information content (AvgIpc) is 2.38. The van der Waals surface area contributed by atoms with Crippen LogP contribution in [0.3, 0.4) is 0 Å². The lowest BCUT2D eigenvalue weighted by Gasteiger charge is -2.11. The second kappa shape index (κ2) is 5.80. The van der Waals surface area contributed by atoms with Crippen LogP contribution >= 0.6 is 28.6 Å². The van der Waals surface area contributed by atoms with Crippen LogP contribution in [0.15, 0.2) is 45.8 Å². The number of benzene rings is 2. The summed E-state index contributed by atoms with van der Waals surface area (Å²) in [5, 5.41) is 2.92. The van der Waals surface area contributed by atoms with Gasteiger partial charge in [-0.05, 0) is 59.1 Å². The van der Waals surface area contributed by atoms with E-state index in [1.165, 1.54) is 0 Å². The smallest absolute Gasteiger partial charge is 0.255 e. The molecule has 0 saturated heterocycles. The molecule has 2 nitrogen and oxygen atoms in total. The van der Waals surface area contributed by atoms with Gasteiger partial charge >= 0.3 is 0 Å². The van der Waals surface area contributed by atoms with Crippen LogP contribution in [0, 0.1) is 13.8 Å². The number of thiol groups is 1. The van der Waals surface area contributed by atoms with Crippen molar-refractivity contribution < 1.29 is 4.79 Å². The second-order valence-electron chi connectivity index (χ2n) is 4.39. The average molecular weight is 336 g/mol. The van der Waals surface area contributed by atoms with E-state index in [2.05, 4.69) is 33.9 Å². The number of hydrogen-bond donors (Lipinski definition) is 2. The summed E-state index contributed by atoms with van der Waals surface area (Å²) in [6, 6.07) is 11.3. The molecule has 0 heterocycles. The molecule has 98 valence electrons. The molecular formula is C15H14BrNOS. The van der Waals surface area contributed by atoms with E-state index in [1.54, 1.807) is 6.07 Å². The number of hydrogen-bond acceptors (Lipinski definition) is 2. The van der Waals surface area contributed by atoms with Crippen LogP contribution in [0.5, 0.6) is 0 Å². The lowest BCUT2D eigenvalue weighted by Crippen LogP contribution is -2.14. The minimum atomic E-state index is -0.125. The normalized spacial score (nSPS) is 10.3. The quantitative estimate of drug-likeness (QED) is 0.771. The van der Waals surface area contributed by atoms with Crippen LogP contribution in [-0.4, -0.2) is 5.91 Å². The number of amides is 1. The van der Waals surface area contributed by atoms with E-state index in [-0.39, 0.29) is 5.91 Å². The first-order valence-corrected chi connectivity index (χ1v) is 7.09. The number of rotatable bonds is 2. The summed E-state index contributed by atoms with van der Waals surface area (Å²) in [6.07, 6.45) is 0. The number of carbonyl (C=O) groups is 1. The zero-order valence-electron chi connectivity index (χ0n) is 10.7. The van der Waals surface area contributed by atoms with E-state index in [0.717, 1.165) is 26.2 Å². The van der Waals surface area contributed by atoms with E-state index < -0.39 is 0 Å². The van der Waals surface area contributed by atoms with Gasteiger partial charge in [-0.3, -0.25) is 4.79 Å². The first kappa shape index (κ1) is 14.2. The first-order valence-electron chi connectivity index (χ1n) is 5.85. The standard InChI is InChI=1S/C15H14BrNOS/c1-9-6-7-11(19)8-12(9)15(18)17-13-5-3-4-10(2)14(13)16/h3-8,19H,1-2H3,(H,17,18). The lowest BCUT2D eigenvalue weighted by atomic mass is 10.1. The number of aryl methyl sites for hydroxylation is 2. The zero-order valence-corrected chi connectivity index (χ0v) is 13.2. The molecule has 0 unspecified atom stereocenters. The molecule has 1 amide bonds. The van der Waals surface area contributed by atoms with Crippen LogP contribution in [-0.2, 0) is 0 Å². The van der Waals surface area contributed by atoms with E-state index in [0.29, 0.717) is 5.56 Å². The fourth-order valence-electron chi connectivity index (χ4n) is 1.79. The van der Waals surface area contributed by atoms with Gasteiger partial charge < -0.3 is 5.32 Å². The number of carbonyl (C=O) groups excluding carboxylic acids is 1. The van der Waals surface area contributed by atoms with Gasteiger partial charge in [0.25, 0.3) is 5.91 Å². The van der Waals surface area contributed by atoms with E-state index in [4.69, 9.17) is 0 Å². The van der Waals surface area contributed by atoms with Crippen LogP contribution in [0.25, 0.3) is 0 Å². The third-order valence-electron chi connectivity index (χ3n) is 2.91. The Labute approximate surface area is 126 Å². The summed E-state index contributed by atoms with van der Waals surface area (Å²) in [5.74, 6) is -0.125. The highest BCUT2D eigenvalue weighted by Gasteiger charge is 2.11. The third kappa shape index (κ3) is 3.19. The molecule has 4 heteroatoms. The fraction of sp³-hybridized carbons (Fsp3) is 0.133. The van der Waals surface area contributed by atoms with E-state index in [9.17, 15) is 4.79 Å². The van der Waals surface area contributed by atoms with Crippen LogP contribution < -0.4 is 5.32 Å². The number of anilines is 1. The monoisotopic (exact) mass is 335 g/mol. The molecule has 0 aliphatic rings. The molecule has 2 aromatic rings. The van der Waals surface area contributed by atoms with Crippen LogP contribution in [0.2, 0.25) is 0 Å². The van der Waals surface area contributed by atoms with E-state index >= 15 is 0 Å². The van der Waals surface area contributed by atoms with Gasteiger partial charge in [0.05, 0.1) is 5.69 Å². The Morgan fingerprint density at radius 1 is 1.16 bits per heavy atom. The van der Waals surface area contributed by atoms with Crippen molar-refractivity contribution in [2.75, 3.05) is 5.32 Å². The molecule has 0 aromatic heterocycles. The maximum atomic E-state index is 12.3. The Morgan fingerprint density at radius 2 is 1.89 bits per heavy atom. The maximum Gasteiger partial charge on any atom is 0.255 e. The van der Waals surface area contributed by atoms with Crippen molar-refractivity contribution in [2.45, 2.75) is 18.7 Å². The molecule has 0 aliphatic heterocycles. The summed E-state index contributed by atoms with van der Waals surface area (Å²) in [5.41, 5.74) is 3.42. The van der Waals surface area contributed by atoms with Gasteiger partial charge in [-0.1, -0.05) is 18.2 Å². The highest BCUT2D eigenvalue weighted by atomic mass is 79.9. The first-order chi connectivity index (χ1) is 8.99. The minimum Gasteiger partial charge on any atom is -0.321 e. The third-order valence-corrected chi connectivity index (χ3v) is 4.24. The van der Waals surface area contributed by atoms with Crippen molar-refractivity contribution >= 4 is 40.2 Å². The predicted octanol–water partition coefficient (Wildman–Crippen LogP) is 4.61. The summed E-state index contributed by atoms with van der Waals surface area (Å²) < 4.78 is 0.906. The maximum absolute atomic E-state index is 12.3. The van der Waals surface area contributed by atoms with Crippen LogP contribution in [0.4, 0.5) is 5.69 Å². The number of nitrogens with one attached hydrogen (secondary N) is 1. The highest BCUT2D eigenvalue weighted by Crippen LogP contribution is 2.26. The molecule has 0 atom stereocenters. The largest absolute Gasteiger partial charge is 0.321 e. The Morgan fingerprint density at radius 3 is 2.63 bits per heavy atom. The predicted molar refractivity (Wildman–Crippen MR) is 85.3 cm³/mol. The van der Waals surface area contributed by atoms with Crippen molar-refractivity contribution in [1.82, 2.24) is 0 Å². The topological polar surface area (TPSA) is 29.1 Å². The molecule has 2 aromatic carbocycles. The molecule has 1 N–H and O–H groups in total. The van der Waals surface area contributed by atoms with E-state index in [1.807, 2.05) is 44.2 Å². The van der Waals surface area contributed by atoms with Gasteiger partial charge in [-0.25, -0.2) is 0 Å². The Hall–Kier alpha value is -1.26. The van der Waals surface area contributed by atoms with Crippen molar-refractivity contribution in [2.24, 2.45) is 0 Å². The Bertz CT molecular complexity index is 640. The Kier molecular flexibility index (Phi) is 4.32. The van der Waals surface area contributed by atoms with Gasteiger partial charge in [-0.15, -0.1) is 12.6 Å². The summed E-state index contributed by atoms with van der Waals surface area (Å²) in [7, 11) is 0. The summed E-state index contributed by atoms with van der Waals surface area (Å²) >= 11 is 7.75. The van der Waals surface area contributed by atoms with Gasteiger partial charge in [0.2, 0.25) is 0 Å². The highest BCUT2D eigenvalue weighted by molar-refractivity contribution is 9.10. The van der Waals surface area contributed by atoms with Crippen molar-refractivity contribution in [3.63, 3.8) is 0 Å². The van der Waals surface area contributed by atoms with Crippen molar-refractivity contribution in [1.29, 1.82) is 0 Å². The molecule has 2 rings (SSSR count). The van der Waals surface area contributed by atoms with Gasteiger partial charge in [-0.2, -0.15) is 0 Å². The molecule has 19 heavy (non-hydrogen) atoms. The summed E-state index contributed by atoms with van der Waals surface area (Å²) in [4.78, 5) is 13.1. The second-order valence-corrected chi connectivity index (χ2v) is 5.70. The van der Waals surface area contributed by atoms with Gasteiger partial charge in [0.15, 0.2) is 0 Å². The fourth-order valence-corrected chi connectivity index (χ4v) is 2.36. The summed E-state index contributed by atoms with van der Waals surface area (Å²) in [6.45, 7) is 3.90. The van der Waals surface area contributed by atoms with Gasteiger partial charge in [0.1, 0.15) is 0 Å². The van der Waals surface area contributed by atoms with Crippen molar-refractivity contribution in [3.05, 3.63) is 57.6 Å². The molecule has 0 fully saturated rings. The molecule has 0 radical (unpaired) electrons. The lowest BCUT2D eigenvalue weighted by molar-refractivity contribution is 0.102. The Balaban J connectivity index is 2.31. The van der Waals surface area contributed by atoms with Crippen molar-refractivity contribution in [3.8, 4) is 0 Å². The molecule has 0 saturated carbocycles. The molecule has 0 aliphatic carbocycles. The molecule has 0 spiro atoms. The SMILES string of the molecule is Cc1ccc(S)cc1C(=O)Nc1cccc(C)c1Br. The van der Waals surface area contributed by atoms with Crippen LogP contribution in [0.1, 0.15) is 21.5 Å².